The van der Waals surface area contributed by atoms with Gasteiger partial charge in [0.15, 0.2) is 52.4 Å². The lowest BCUT2D eigenvalue weighted by Crippen LogP contribution is -2.02. The summed E-state index contributed by atoms with van der Waals surface area (Å²) in [6, 6.07) is 133. The van der Waals surface area contributed by atoms with Crippen molar-refractivity contribution in [3.8, 4) is 142 Å². The summed E-state index contributed by atoms with van der Waals surface area (Å²) in [5.41, 5.74) is 21.3. The fourth-order valence-electron chi connectivity index (χ4n) is 17.1. The van der Waals surface area contributed by atoms with Crippen molar-refractivity contribution in [3.63, 3.8) is 0 Å². The third-order valence-electron chi connectivity index (χ3n) is 23.0. The summed E-state index contributed by atoms with van der Waals surface area (Å²) in [6.07, 6.45) is 5.51. The molecule has 0 radical (unpaired) electrons. The third-order valence-corrected chi connectivity index (χ3v) is 23.0. The highest BCUT2D eigenvalue weighted by Gasteiger charge is 2.24. The maximum absolute atomic E-state index is 5.02. The lowest BCUT2D eigenvalue weighted by Gasteiger charge is -2.11. The molecule has 16 heteroatoms. The average molecular weight is 1590 g/mol. The van der Waals surface area contributed by atoms with Crippen molar-refractivity contribution in [1.29, 1.82) is 0 Å². The topological polar surface area (TPSA) is 185 Å². The predicted molar refractivity (Wildman–Crippen MR) is 499 cm³/mol. The van der Waals surface area contributed by atoms with Crippen LogP contribution in [0.3, 0.4) is 0 Å². The lowest BCUT2D eigenvalue weighted by atomic mass is 10.0. The number of rotatable bonds is 14. The molecule has 580 valence electrons. The number of benzene rings is 14. The van der Waals surface area contributed by atoms with Crippen LogP contribution in [-0.4, -0.2) is 78.5 Å². The second-order valence-corrected chi connectivity index (χ2v) is 30.5. The molecule has 0 aliphatic heterocycles. The predicted octanol–water partition coefficient (Wildman–Crippen LogP) is 25.4. The zero-order chi connectivity index (χ0) is 82.0. The fourth-order valence-corrected chi connectivity index (χ4v) is 17.1. The number of H-pyrrole nitrogens is 1. The summed E-state index contributed by atoms with van der Waals surface area (Å²) in [5, 5.41) is 9.30. The van der Waals surface area contributed by atoms with Gasteiger partial charge in [0, 0.05) is 123 Å². The highest BCUT2D eigenvalue weighted by atomic mass is 15.1. The molecule has 0 aliphatic rings. The summed E-state index contributed by atoms with van der Waals surface area (Å²) in [5.74, 6) is 7.75. The van der Waals surface area contributed by atoms with Crippen LogP contribution in [-0.2, 0) is 0 Å². The van der Waals surface area contributed by atoms with E-state index in [0.717, 1.165) is 144 Å². The second kappa shape index (κ2) is 30.6. The highest BCUT2D eigenvalue weighted by molar-refractivity contribution is 6.14. The average Bonchev–Trinajstić information content (AvgIpc) is 1.56. The first-order valence-corrected chi connectivity index (χ1v) is 41.1. The molecule has 24 rings (SSSR count). The van der Waals surface area contributed by atoms with Gasteiger partial charge in [0.05, 0.1) is 33.1 Å². The number of aromatic nitrogens is 16. The molecule has 0 fully saturated rings. The van der Waals surface area contributed by atoms with Crippen molar-refractivity contribution in [1.82, 2.24) is 78.5 Å². The smallest absolute Gasteiger partial charge is 0.164 e. The van der Waals surface area contributed by atoms with Crippen LogP contribution in [0.5, 0.6) is 0 Å². The van der Waals surface area contributed by atoms with Gasteiger partial charge in [0.1, 0.15) is 17.5 Å². The molecule has 0 unspecified atom stereocenters. The van der Waals surface area contributed by atoms with Crippen molar-refractivity contribution in [2.75, 3.05) is 0 Å². The third kappa shape index (κ3) is 13.2. The minimum Gasteiger partial charge on any atom is -0.355 e. The van der Waals surface area contributed by atoms with E-state index in [1.165, 1.54) is 32.7 Å². The van der Waals surface area contributed by atoms with Crippen LogP contribution in [0.1, 0.15) is 0 Å². The Hall–Kier alpha value is -17.2. The van der Waals surface area contributed by atoms with Gasteiger partial charge in [-0.2, -0.15) is 0 Å². The van der Waals surface area contributed by atoms with Gasteiger partial charge in [-0.05, 0) is 131 Å². The van der Waals surface area contributed by atoms with Gasteiger partial charge < -0.3 is 4.98 Å². The number of para-hydroxylation sites is 4. The van der Waals surface area contributed by atoms with Crippen LogP contribution in [0.15, 0.2) is 407 Å². The Morgan fingerprint density at radius 3 is 0.677 bits per heavy atom. The van der Waals surface area contributed by atoms with E-state index < -0.39 is 0 Å². The molecule has 10 aromatic heterocycles. The molecule has 0 aliphatic carbocycles. The SMILES string of the molecule is c1ccc(-c2nc(-c3ccccc3)nc(-c3ccnc(-n4c5ccccc5c5cc(-c6ccc7[nH]c8ccccc8c7c6)ccc54)c3)n2)cc1.c1ccc(-c2nc(-c3ccccc3)nc(-c3ccnc(-n4c5ccccc5c5cc(-c6ccc7c(c6)c6ccccc6n7-c6cc(-c7nc(-c8ccccc8)nc(-c8ccccc8)n7)ccn6)ccc54)c3)n2)cc1. The zero-order valence-electron chi connectivity index (χ0n) is 66.4. The molecular formula is C108H68N16. The minimum absolute atomic E-state index is 0.572. The summed E-state index contributed by atoms with van der Waals surface area (Å²) >= 11 is 0. The molecule has 0 atom stereocenters. The van der Waals surface area contributed by atoms with E-state index in [0.29, 0.717) is 52.4 Å². The maximum atomic E-state index is 5.02. The monoisotopic (exact) mass is 1590 g/mol. The number of fused-ring (bicyclic) bond motifs is 12. The van der Waals surface area contributed by atoms with E-state index in [1.54, 1.807) is 0 Å². The molecule has 0 bridgehead atoms. The Bertz CT molecular complexity index is 7780. The van der Waals surface area contributed by atoms with E-state index in [1.807, 2.05) is 219 Å². The molecule has 0 spiro atoms. The number of hydrogen-bond donors (Lipinski definition) is 1. The normalized spacial score (nSPS) is 11.5. The number of hydrogen-bond acceptors (Lipinski definition) is 12. The van der Waals surface area contributed by atoms with Crippen molar-refractivity contribution in [2.45, 2.75) is 0 Å². The standard InChI is InChI=1S/C64H40N10.C44H28N6/c1-5-17-41(18-6-1)59-67-60(42-19-7-2-8-20-42)70-63(69-59)47-33-35-65-57(39-47)73-53-27-15-13-25-49(53)51-37-45(29-31-55(51)73)46-30-32-56-52(38-46)50-26-14-16-28-54(50)74(56)58-40-48(34-36-66-58)64-71-61(43-21-9-3-10-22-43)68-62(72-64)44-23-11-4-12-24-44;1-3-11-28(12-4-1)42-47-43(29-13-5-2-6-14-29)49-44(48-42)32-23-24-45-41(27-32)50-39-18-10-8-16-34(39)36-26-31(20-22-40(36)50)30-19-21-38-35(25-30)33-15-7-9-17-37(33)46-38/h1-40H;1-27,46H. The maximum Gasteiger partial charge on any atom is 0.164 e. The van der Waals surface area contributed by atoms with Gasteiger partial charge in [-0.25, -0.2) is 59.8 Å². The Kier molecular flexibility index (Phi) is 17.8. The Labute approximate surface area is 710 Å². The minimum atomic E-state index is 0.572. The first-order valence-electron chi connectivity index (χ1n) is 41.1. The summed E-state index contributed by atoms with van der Waals surface area (Å²) in [4.78, 5) is 63.1. The zero-order valence-corrected chi connectivity index (χ0v) is 66.4. The van der Waals surface area contributed by atoms with Crippen molar-refractivity contribution < 1.29 is 0 Å². The first kappa shape index (κ1) is 72.0. The second-order valence-electron chi connectivity index (χ2n) is 30.5. The molecule has 14 aromatic carbocycles. The molecule has 0 saturated heterocycles. The molecular weight excluding hydrogens is 1520 g/mol. The fraction of sp³-hybridized carbons (Fsp3) is 0. The summed E-state index contributed by atoms with van der Waals surface area (Å²) < 4.78 is 6.70. The first-order chi connectivity index (χ1) is 61.4. The van der Waals surface area contributed by atoms with Crippen LogP contribution in [0, 0.1) is 0 Å². The Morgan fingerprint density at radius 1 is 0.153 bits per heavy atom. The highest BCUT2D eigenvalue weighted by Crippen LogP contribution is 2.42. The van der Waals surface area contributed by atoms with Gasteiger partial charge in [-0.3, -0.25) is 13.7 Å². The Morgan fingerprint density at radius 2 is 0.379 bits per heavy atom. The van der Waals surface area contributed by atoms with E-state index in [4.69, 9.17) is 59.8 Å². The molecule has 0 saturated carbocycles. The summed E-state index contributed by atoms with van der Waals surface area (Å²) in [6.45, 7) is 0. The van der Waals surface area contributed by atoms with Crippen LogP contribution in [0.25, 0.3) is 229 Å². The van der Waals surface area contributed by atoms with Gasteiger partial charge in [-0.15, -0.1) is 0 Å². The van der Waals surface area contributed by atoms with Crippen LogP contribution >= 0.6 is 0 Å². The van der Waals surface area contributed by atoms with Crippen molar-refractivity contribution in [2.24, 2.45) is 0 Å². The largest absolute Gasteiger partial charge is 0.355 e. The molecule has 16 nitrogen and oxygen atoms in total. The van der Waals surface area contributed by atoms with Gasteiger partial charge in [-0.1, -0.05) is 279 Å². The van der Waals surface area contributed by atoms with Crippen LogP contribution in [0.2, 0.25) is 0 Å². The molecule has 124 heavy (non-hydrogen) atoms. The molecule has 24 aromatic rings. The summed E-state index contributed by atoms with van der Waals surface area (Å²) in [7, 11) is 0. The number of pyridine rings is 3. The molecule has 10 heterocycles. The van der Waals surface area contributed by atoms with Gasteiger partial charge in [0.25, 0.3) is 0 Å². The van der Waals surface area contributed by atoms with E-state index in [2.05, 4.69) is 207 Å². The Balaban J connectivity index is 0.000000154. The van der Waals surface area contributed by atoms with Crippen molar-refractivity contribution in [3.05, 3.63) is 407 Å². The number of nitrogens with one attached hydrogen (secondary N) is 1. The van der Waals surface area contributed by atoms with E-state index >= 15 is 0 Å². The lowest BCUT2D eigenvalue weighted by molar-refractivity contribution is 1.05. The van der Waals surface area contributed by atoms with E-state index in [-0.39, 0.29) is 0 Å². The van der Waals surface area contributed by atoms with Crippen molar-refractivity contribution >= 4 is 87.2 Å². The molecule has 0 amide bonds. The van der Waals surface area contributed by atoms with E-state index in [9.17, 15) is 0 Å². The van der Waals surface area contributed by atoms with Crippen LogP contribution < -0.4 is 0 Å². The number of nitrogens with zero attached hydrogens (tertiary/aromatic N) is 15. The number of aromatic amines is 1. The quantitative estimate of drug-likeness (QED) is 0.109. The molecule has 1 N–H and O–H groups in total. The van der Waals surface area contributed by atoms with Gasteiger partial charge >= 0.3 is 0 Å². The van der Waals surface area contributed by atoms with Crippen LogP contribution in [0.4, 0.5) is 0 Å². The van der Waals surface area contributed by atoms with Gasteiger partial charge in [0.2, 0.25) is 0 Å².